The molecule has 0 saturated heterocycles. The number of anilines is 2. The quantitative estimate of drug-likeness (QED) is 0.594. The standard InChI is InChI=1S/C21H29N5/c1-4-12-26(13-5-2)21-14-20(24-16(3)25-21)22-11-10-17-15-23-19-9-7-6-8-18(17)19/h6-9,14-15,23H,4-5,10-13H2,1-3H3,(H,22,24,25). The lowest BCUT2D eigenvalue weighted by molar-refractivity contribution is 0.730. The molecule has 2 heterocycles. The zero-order valence-electron chi connectivity index (χ0n) is 16.0. The van der Waals surface area contributed by atoms with Crippen molar-refractivity contribution in [1.29, 1.82) is 0 Å². The van der Waals surface area contributed by atoms with Gasteiger partial charge in [-0.1, -0.05) is 32.0 Å². The second kappa shape index (κ2) is 8.70. The third-order valence-electron chi connectivity index (χ3n) is 4.51. The van der Waals surface area contributed by atoms with Crippen LogP contribution in [0.1, 0.15) is 38.1 Å². The van der Waals surface area contributed by atoms with E-state index >= 15 is 0 Å². The van der Waals surface area contributed by atoms with E-state index in [0.717, 1.165) is 56.4 Å². The number of nitrogens with zero attached hydrogens (tertiary/aromatic N) is 3. The molecule has 0 atom stereocenters. The average molecular weight is 351 g/mol. The van der Waals surface area contributed by atoms with E-state index in [0.29, 0.717) is 0 Å². The molecule has 0 bridgehead atoms. The summed E-state index contributed by atoms with van der Waals surface area (Å²) in [5.74, 6) is 2.75. The molecule has 2 aromatic heterocycles. The molecular formula is C21H29N5. The first kappa shape index (κ1) is 18.2. The van der Waals surface area contributed by atoms with Crippen molar-refractivity contribution >= 4 is 22.5 Å². The van der Waals surface area contributed by atoms with Gasteiger partial charge in [-0.3, -0.25) is 0 Å². The molecule has 0 spiro atoms. The van der Waals surface area contributed by atoms with Gasteiger partial charge in [0.2, 0.25) is 0 Å². The fourth-order valence-corrected chi connectivity index (χ4v) is 3.35. The Hall–Kier alpha value is -2.56. The Bertz CT molecular complexity index is 833. The van der Waals surface area contributed by atoms with Crippen LogP contribution in [0.15, 0.2) is 36.5 Å². The lowest BCUT2D eigenvalue weighted by Gasteiger charge is -2.23. The van der Waals surface area contributed by atoms with Gasteiger partial charge < -0.3 is 15.2 Å². The van der Waals surface area contributed by atoms with Crippen LogP contribution in [0.3, 0.4) is 0 Å². The summed E-state index contributed by atoms with van der Waals surface area (Å²) in [4.78, 5) is 14.9. The number of fused-ring (bicyclic) bond motifs is 1. The zero-order valence-corrected chi connectivity index (χ0v) is 16.0. The smallest absolute Gasteiger partial charge is 0.134 e. The molecule has 0 aliphatic rings. The molecule has 0 amide bonds. The highest BCUT2D eigenvalue weighted by atomic mass is 15.2. The highest BCUT2D eigenvalue weighted by Gasteiger charge is 2.09. The molecule has 138 valence electrons. The summed E-state index contributed by atoms with van der Waals surface area (Å²) in [6, 6.07) is 10.5. The predicted octanol–water partition coefficient (Wildman–Crippen LogP) is 4.55. The van der Waals surface area contributed by atoms with Gasteiger partial charge in [0.15, 0.2) is 0 Å². The van der Waals surface area contributed by atoms with E-state index < -0.39 is 0 Å². The molecule has 3 aromatic rings. The van der Waals surface area contributed by atoms with E-state index in [9.17, 15) is 0 Å². The van der Waals surface area contributed by atoms with Gasteiger partial charge in [-0.05, 0) is 37.8 Å². The highest BCUT2D eigenvalue weighted by Crippen LogP contribution is 2.19. The number of H-pyrrole nitrogens is 1. The lowest BCUT2D eigenvalue weighted by atomic mass is 10.1. The molecule has 5 nitrogen and oxygen atoms in total. The van der Waals surface area contributed by atoms with Crippen molar-refractivity contribution in [1.82, 2.24) is 15.0 Å². The van der Waals surface area contributed by atoms with Crippen molar-refractivity contribution in [3.63, 3.8) is 0 Å². The van der Waals surface area contributed by atoms with Crippen molar-refractivity contribution in [2.24, 2.45) is 0 Å². The Morgan fingerprint density at radius 3 is 2.62 bits per heavy atom. The summed E-state index contributed by atoms with van der Waals surface area (Å²) in [6.45, 7) is 9.27. The summed E-state index contributed by atoms with van der Waals surface area (Å²) in [7, 11) is 0. The van der Waals surface area contributed by atoms with Gasteiger partial charge in [0.05, 0.1) is 0 Å². The summed E-state index contributed by atoms with van der Waals surface area (Å²) in [6.07, 6.45) is 5.29. The number of hydrogen-bond acceptors (Lipinski definition) is 4. The van der Waals surface area contributed by atoms with Crippen molar-refractivity contribution < 1.29 is 0 Å². The van der Waals surface area contributed by atoms with Gasteiger partial charge in [0, 0.05) is 42.8 Å². The van der Waals surface area contributed by atoms with Gasteiger partial charge in [-0.15, -0.1) is 0 Å². The fraction of sp³-hybridized carbons (Fsp3) is 0.429. The number of aromatic nitrogens is 3. The van der Waals surface area contributed by atoms with Crippen molar-refractivity contribution in [3.05, 3.63) is 47.9 Å². The average Bonchev–Trinajstić information content (AvgIpc) is 3.04. The Kier molecular flexibility index (Phi) is 6.10. The van der Waals surface area contributed by atoms with Gasteiger partial charge >= 0.3 is 0 Å². The van der Waals surface area contributed by atoms with Crippen LogP contribution in [-0.2, 0) is 6.42 Å². The van der Waals surface area contributed by atoms with Crippen LogP contribution in [0, 0.1) is 6.92 Å². The molecule has 0 radical (unpaired) electrons. The largest absolute Gasteiger partial charge is 0.370 e. The summed E-state index contributed by atoms with van der Waals surface area (Å²) in [5.41, 5.74) is 2.52. The summed E-state index contributed by atoms with van der Waals surface area (Å²) >= 11 is 0. The second-order valence-electron chi connectivity index (χ2n) is 6.68. The van der Waals surface area contributed by atoms with Crippen LogP contribution in [0.25, 0.3) is 10.9 Å². The highest BCUT2D eigenvalue weighted by molar-refractivity contribution is 5.83. The van der Waals surface area contributed by atoms with E-state index in [4.69, 9.17) is 0 Å². The number of rotatable bonds is 9. The molecule has 0 unspecified atom stereocenters. The first-order chi connectivity index (χ1) is 12.7. The van der Waals surface area contributed by atoms with Crippen LogP contribution in [0.5, 0.6) is 0 Å². The molecule has 0 fully saturated rings. The minimum Gasteiger partial charge on any atom is -0.370 e. The van der Waals surface area contributed by atoms with Crippen LogP contribution in [0.2, 0.25) is 0 Å². The second-order valence-corrected chi connectivity index (χ2v) is 6.68. The van der Waals surface area contributed by atoms with Gasteiger partial charge in [-0.2, -0.15) is 0 Å². The van der Waals surface area contributed by atoms with Crippen LogP contribution >= 0.6 is 0 Å². The van der Waals surface area contributed by atoms with E-state index in [2.05, 4.69) is 75.5 Å². The minimum atomic E-state index is 0.814. The molecule has 1 aromatic carbocycles. The fourth-order valence-electron chi connectivity index (χ4n) is 3.35. The topological polar surface area (TPSA) is 56.8 Å². The number of nitrogens with one attached hydrogen (secondary N) is 2. The Balaban J connectivity index is 1.67. The number of aromatic amines is 1. The molecule has 0 aliphatic carbocycles. The molecule has 26 heavy (non-hydrogen) atoms. The maximum Gasteiger partial charge on any atom is 0.134 e. The lowest BCUT2D eigenvalue weighted by Crippen LogP contribution is -2.26. The van der Waals surface area contributed by atoms with E-state index in [1.807, 2.05) is 6.92 Å². The summed E-state index contributed by atoms with van der Waals surface area (Å²) < 4.78 is 0. The van der Waals surface area contributed by atoms with Gasteiger partial charge in [-0.25, -0.2) is 9.97 Å². The Morgan fingerprint density at radius 2 is 1.85 bits per heavy atom. The number of hydrogen-bond donors (Lipinski definition) is 2. The van der Waals surface area contributed by atoms with Crippen molar-refractivity contribution in [2.75, 3.05) is 29.9 Å². The molecule has 5 heteroatoms. The molecule has 2 N–H and O–H groups in total. The van der Waals surface area contributed by atoms with E-state index in [1.165, 1.54) is 16.5 Å². The maximum atomic E-state index is 4.64. The van der Waals surface area contributed by atoms with Gasteiger partial charge in [0.1, 0.15) is 17.5 Å². The monoisotopic (exact) mass is 351 g/mol. The normalized spacial score (nSPS) is 11.0. The maximum absolute atomic E-state index is 4.64. The van der Waals surface area contributed by atoms with Crippen molar-refractivity contribution in [2.45, 2.75) is 40.0 Å². The minimum absolute atomic E-state index is 0.814. The first-order valence-electron chi connectivity index (χ1n) is 9.60. The summed E-state index contributed by atoms with van der Waals surface area (Å²) in [5, 5.41) is 4.77. The van der Waals surface area contributed by atoms with E-state index in [-0.39, 0.29) is 0 Å². The Labute approximate surface area is 155 Å². The van der Waals surface area contributed by atoms with Crippen LogP contribution in [-0.4, -0.2) is 34.6 Å². The number of aryl methyl sites for hydroxylation is 1. The van der Waals surface area contributed by atoms with Crippen molar-refractivity contribution in [3.8, 4) is 0 Å². The number of para-hydroxylation sites is 1. The SMILES string of the molecule is CCCN(CCC)c1cc(NCCc2c[nH]c3ccccc23)nc(C)n1. The van der Waals surface area contributed by atoms with Crippen LogP contribution in [0.4, 0.5) is 11.6 Å². The molecule has 0 aliphatic heterocycles. The van der Waals surface area contributed by atoms with Gasteiger partial charge in [0.25, 0.3) is 0 Å². The molecule has 3 rings (SSSR count). The third kappa shape index (κ3) is 4.34. The number of benzene rings is 1. The molecule has 0 saturated carbocycles. The predicted molar refractivity (Wildman–Crippen MR) is 110 cm³/mol. The molecular weight excluding hydrogens is 322 g/mol. The Morgan fingerprint density at radius 1 is 1.08 bits per heavy atom. The van der Waals surface area contributed by atoms with E-state index in [1.54, 1.807) is 0 Å². The third-order valence-corrected chi connectivity index (χ3v) is 4.51. The zero-order chi connectivity index (χ0) is 18.4. The first-order valence-corrected chi connectivity index (χ1v) is 9.60. The van der Waals surface area contributed by atoms with Crippen LogP contribution < -0.4 is 10.2 Å².